The summed E-state index contributed by atoms with van der Waals surface area (Å²) in [5.41, 5.74) is 7.18. The molecule has 0 saturated heterocycles. The summed E-state index contributed by atoms with van der Waals surface area (Å²) in [4.78, 5) is 25.1. The number of carbonyl (C=O) groups is 2. The molecule has 0 fully saturated rings. The number of para-hydroxylation sites is 1. The van der Waals surface area contributed by atoms with Crippen LogP contribution in [0.1, 0.15) is 28.2 Å². The number of alkyl carbamates (subject to hydrolysis) is 1. The van der Waals surface area contributed by atoms with Crippen molar-refractivity contribution in [1.82, 2.24) is 9.88 Å². The molecule has 40 heavy (non-hydrogen) atoms. The summed E-state index contributed by atoms with van der Waals surface area (Å²) in [7, 11) is 0. The summed E-state index contributed by atoms with van der Waals surface area (Å²) in [5, 5.41) is 14.2. The molecular formula is C33H27ClN2O4. The van der Waals surface area contributed by atoms with E-state index in [9.17, 15) is 14.7 Å². The number of carboxylic acids is 1. The van der Waals surface area contributed by atoms with Crippen molar-refractivity contribution >= 4 is 34.6 Å². The van der Waals surface area contributed by atoms with E-state index in [1.165, 1.54) is 0 Å². The Balaban J connectivity index is 1.18. The Hall–Kier alpha value is -4.55. The number of nitrogens with zero attached hydrogens (tertiary/aromatic N) is 1. The second-order valence-corrected chi connectivity index (χ2v) is 10.4. The third-order valence-electron chi connectivity index (χ3n) is 7.53. The van der Waals surface area contributed by atoms with Crippen LogP contribution in [0.15, 0.2) is 103 Å². The summed E-state index contributed by atoms with van der Waals surface area (Å²) in [6.45, 7) is 0.654. The van der Waals surface area contributed by atoms with Gasteiger partial charge in [-0.15, -0.1) is 0 Å². The van der Waals surface area contributed by atoms with Gasteiger partial charge < -0.3 is 19.7 Å². The van der Waals surface area contributed by atoms with Gasteiger partial charge in [0, 0.05) is 41.0 Å². The van der Waals surface area contributed by atoms with Crippen LogP contribution in [0.25, 0.3) is 22.0 Å². The highest BCUT2D eigenvalue weighted by Gasteiger charge is 2.30. The van der Waals surface area contributed by atoms with Crippen LogP contribution in [0, 0.1) is 0 Å². The maximum absolute atomic E-state index is 12.9. The number of halogens is 1. The molecule has 1 aromatic heterocycles. The van der Waals surface area contributed by atoms with E-state index in [1.807, 2.05) is 91.1 Å². The zero-order valence-corrected chi connectivity index (χ0v) is 22.3. The lowest BCUT2D eigenvalue weighted by atomic mass is 9.98. The number of rotatable bonds is 8. The van der Waals surface area contributed by atoms with E-state index in [2.05, 4.69) is 22.0 Å². The molecule has 6 nitrogen and oxygen atoms in total. The Morgan fingerprint density at radius 3 is 2.17 bits per heavy atom. The maximum atomic E-state index is 12.9. The van der Waals surface area contributed by atoms with Crippen molar-refractivity contribution in [2.24, 2.45) is 0 Å². The van der Waals surface area contributed by atoms with Crippen LogP contribution in [0.3, 0.4) is 0 Å². The second-order valence-electron chi connectivity index (χ2n) is 9.96. The van der Waals surface area contributed by atoms with Gasteiger partial charge >= 0.3 is 12.1 Å². The van der Waals surface area contributed by atoms with Gasteiger partial charge in [0.05, 0.1) is 0 Å². The highest BCUT2D eigenvalue weighted by molar-refractivity contribution is 6.31. The zero-order valence-electron chi connectivity index (χ0n) is 21.6. The fourth-order valence-corrected chi connectivity index (χ4v) is 5.82. The molecule has 0 aliphatic heterocycles. The van der Waals surface area contributed by atoms with Crippen LogP contribution in [0.5, 0.6) is 0 Å². The number of amides is 1. The first-order valence-electron chi connectivity index (χ1n) is 13.1. The minimum Gasteiger partial charge on any atom is -0.480 e. The quantitative estimate of drug-likeness (QED) is 0.221. The minimum absolute atomic E-state index is 0.107. The van der Waals surface area contributed by atoms with E-state index in [0.717, 1.165) is 44.3 Å². The predicted octanol–water partition coefficient (Wildman–Crippen LogP) is 6.88. The van der Waals surface area contributed by atoms with Crippen molar-refractivity contribution in [2.75, 3.05) is 6.61 Å². The molecule has 0 saturated carbocycles. The first kappa shape index (κ1) is 25.7. The molecule has 1 heterocycles. The summed E-state index contributed by atoms with van der Waals surface area (Å²) in [6.07, 6.45) is 1.29. The summed E-state index contributed by atoms with van der Waals surface area (Å²) in [6, 6.07) is 30.4. The fourth-order valence-electron chi connectivity index (χ4n) is 5.63. The van der Waals surface area contributed by atoms with Crippen molar-refractivity contribution in [3.63, 3.8) is 0 Å². The van der Waals surface area contributed by atoms with Crippen molar-refractivity contribution in [2.45, 2.75) is 24.9 Å². The van der Waals surface area contributed by atoms with E-state index >= 15 is 0 Å². The molecule has 1 amide bonds. The number of hydrogen-bond acceptors (Lipinski definition) is 3. The standard InChI is InChI=1S/C33H27ClN2O4/c34-29-15-7-1-9-21(29)18-36-19-22(23-10-6-8-16-31(23)36)17-30(32(37)38)35-33(39)40-20-28-26-13-4-2-11-24(26)25-12-3-5-14-27(25)28/h1-16,19,28,30H,17-18,20H2,(H,35,39)(H,37,38). The van der Waals surface area contributed by atoms with E-state index in [4.69, 9.17) is 16.3 Å². The molecular weight excluding hydrogens is 524 g/mol. The second kappa shape index (κ2) is 10.9. The highest BCUT2D eigenvalue weighted by atomic mass is 35.5. The number of hydrogen-bond donors (Lipinski definition) is 2. The smallest absolute Gasteiger partial charge is 0.407 e. The lowest BCUT2D eigenvalue weighted by Crippen LogP contribution is -2.42. The van der Waals surface area contributed by atoms with E-state index in [1.54, 1.807) is 0 Å². The van der Waals surface area contributed by atoms with E-state index < -0.39 is 18.1 Å². The largest absolute Gasteiger partial charge is 0.480 e. The zero-order chi connectivity index (χ0) is 27.6. The number of ether oxygens (including phenoxy) is 1. The number of carboxylic acid groups (broad SMARTS) is 1. The molecule has 0 spiro atoms. The van der Waals surface area contributed by atoms with Crippen molar-refractivity contribution < 1.29 is 19.4 Å². The molecule has 1 aliphatic rings. The van der Waals surface area contributed by atoms with Gasteiger partial charge in [-0.2, -0.15) is 0 Å². The van der Waals surface area contributed by atoms with Crippen LogP contribution < -0.4 is 5.32 Å². The molecule has 5 aromatic rings. The molecule has 7 heteroatoms. The van der Waals surface area contributed by atoms with Gasteiger partial charge in [-0.25, -0.2) is 9.59 Å². The van der Waals surface area contributed by atoms with E-state index in [0.29, 0.717) is 11.6 Å². The molecule has 4 aromatic carbocycles. The molecule has 200 valence electrons. The Labute approximate surface area is 236 Å². The normalized spacial score (nSPS) is 13.0. The molecule has 2 N–H and O–H groups in total. The molecule has 1 unspecified atom stereocenters. The first-order chi connectivity index (χ1) is 19.5. The van der Waals surface area contributed by atoms with Crippen molar-refractivity contribution in [3.05, 3.63) is 131 Å². The summed E-state index contributed by atoms with van der Waals surface area (Å²) >= 11 is 6.40. The fraction of sp³-hybridized carbons (Fsp3) is 0.152. The van der Waals surface area contributed by atoms with Crippen LogP contribution in [0.2, 0.25) is 5.02 Å². The van der Waals surface area contributed by atoms with Gasteiger partial charge in [0.25, 0.3) is 0 Å². The lowest BCUT2D eigenvalue weighted by Gasteiger charge is -2.17. The van der Waals surface area contributed by atoms with Crippen LogP contribution in [-0.2, 0) is 22.5 Å². The van der Waals surface area contributed by atoms with Crippen molar-refractivity contribution in [3.8, 4) is 11.1 Å². The highest BCUT2D eigenvalue weighted by Crippen LogP contribution is 2.44. The summed E-state index contributed by atoms with van der Waals surface area (Å²) in [5.74, 6) is -1.24. The molecule has 1 aliphatic carbocycles. The van der Waals surface area contributed by atoms with Gasteiger partial charge in [-0.3, -0.25) is 0 Å². The molecule has 6 rings (SSSR count). The van der Waals surface area contributed by atoms with Crippen LogP contribution in [0.4, 0.5) is 4.79 Å². The average molecular weight is 551 g/mol. The Bertz CT molecular complexity index is 1680. The molecule has 0 radical (unpaired) electrons. The van der Waals surface area contributed by atoms with Crippen LogP contribution in [-0.4, -0.2) is 34.4 Å². The van der Waals surface area contributed by atoms with Gasteiger partial charge in [0.1, 0.15) is 12.6 Å². The van der Waals surface area contributed by atoms with Crippen molar-refractivity contribution in [1.29, 1.82) is 0 Å². The average Bonchev–Trinajstić information content (AvgIpc) is 3.48. The lowest BCUT2D eigenvalue weighted by molar-refractivity contribution is -0.139. The Morgan fingerprint density at radius 2 is 1.48 bits per heavy atom. The summed E-state index contributed by atoms with van der Waals surface area (Å²) < 4.78 is 7.66. The monoisotopic (exact) mass is 550 g/mol. The minimum atomic E-state index is -1.16. The van der Waals surface area contributed by atoms with Gasteiger partial charge in [-0.05, 0) is 45.5 Å². The number of benzene rings is 4. The maximum Gasteiger partial charge on any atom is 0.407 e. The Morgan fingerprint density at radius 1 is 0.850 bits per heavy atom. The number of fused-ring (bicyclic) bond motifs is 4. The Kier molecular flexibility index (Phi) is 7.01. The number of nitrogens with one attached hydrogen (secondary N) is 1. The number of carbonyl (C=O) groups excluding carboxylic acids is 1. The number of aliphatic carboxylic acids is 1. The number of aromatic nitrogens is 1. The third kappa shape index (κ3) is 4.94. The predicted molar refractivity (Wildman–Crippen MR) is 156 cm³/mol. The van der Waals surface area contributed by atoms with Gasteiger partial charge in [-0.1, -0.05) is 96.5 Å². The van der Waals surface area contributed by atoms with Crippen LogP contribution >= 0.6 is 11.6 Å². The van der Waals surface area contributed by atoms with Gasteiger partial charge in [0.2, 0.25) is 0 Å². The SMILES string of the molecule is O=C(NC(Cc1cn(Cc2ccccc2Cl)c2ccccc12)C(=O)O)OCC1c2ccccc2-c2ccccc21. The first-order valence-corrected chi connectivity index (χ1v) is 13.5. The molecule has 1 atom stereocenters. The molecule has 0 bridgehead atoms. The topological polar surface area (TPSA) is 80.6 Å². The van der Waals surface area contributed by atoms with Gasteiger partial charge in [0.15, 0.2) is 0 Å². The van der Waals surface area contributed by atoms with E-state index in [-0.39, 0.29) is 18.9 Å². The third-order valence-corrected chi connectivity index (χ3v) is 7.90.